The molecule has 1 N–H and O–H groups in total. The van der Waals surface area contributed by atoms with Crippen molar-refractivity contribution < 1.29 is 4.79 Å². The largest absolute Gasteiger partial charge is 0.353 e. The van der Waals surface area contributed by atoms with Gasteiger partial charge in [0.05, 0.1) is 18.6 Å². The molecule has 28 heavy (non-hydrogen) atoms. The topological polar surface area (TPSA) is 117 Å². The maximum absolute atomic E-state index is 12.1. The van der Waals surface area contributed by atoms with Gasteiger partial charge in [-0.05, 0) is 18.1 Å². The molecule has 146 valence electrons. The zero-order chi connectivity index (χ0) is 20.1. The van der Waals surface area contributed by atoms with Crippen molar-refractivity contribution in [1.29, 1.82) is 0 Å². The summed E-state index contributed by atoms with van der Waals surface area (Å²) in [6.45, 7) is 4.13. The van der Waals surface area contributed by atoms with E-state index in [1.807, 2.05) is 13.8 Å². The molecule has 0 aliphatic rings. The molecule has 0 atom stereocenters. The minimum atomic E-state index is -0.350. The number of rotatable bonds is 7. The summed E-state index contributed by atoms with van der Waals surface area (Å²) in [7, 11) is 0. The number of aromatic nitrogens is 6. The predicted octanol–water partition coefficient (Wildman–Crippen LogP) is -0.0745. The van der Waals surface area contributed by atoms with Crippen LogP contribution in [0.5, 0.6) is 0 Å². The summed E-state index contributed by atoms with van der Waals surface area (Å²) >= 11 is 0. The van der Waals surface area contributed by atoms with E-state index < -0.39 is 0 Å². The fourth-order valence-corrected chi connectivity index (χ4v) is 2.51. The maximum Gasteiger partial charge on any atom is 0.266 e. The third kappa shape index (κ3) is 4.58. The van der Waals surface area contributed by atoms with Crippen LogP contribution in [0.2, 0.25) is 0 Å². The molecule has 0 saturated heterocycles. The fourth-order valence-electron chi connectivity index (χ4n) is 2.51. The first kappa shape index (κ1) is 19.2. The van der Waals surface area contributed by atoms with Gasteiger partial charge in [0.2, 0.25) is 5.91 Å². The quantitative estimate of drug-likeness (QED) is 0.610. The Balaban J connectivity index is 1.58. The lowest BCUT2D eigenvalue weighted by Gasteiger charge is -2.10. The van der Waals surface area contributed by atoms with Crippen molar-refractivity contribution >= 4 is 5.91 Å². The lowest BCUT2D eigenvalue weighted by molar-refractivity contribution is -0.121. The predicted molar refractivity (Wildman–Crippen MR) is 101 cm³/mol. The summed E-state index contributed by atoms with van der Waals surface area (Å²) in [5.74, 6) is 0.288. The summed E-state index contributed by atoms with van der Waals surface area (Å²) in [6, 6.07) is 6.15. The molecule has 3 rings (SSSR count). The molecular formula is C18H21N7O3. The van der Waals surface area contributed by atoms with Gasteiger partial charge in [0, 0.05) is 31.1 Å². The van der Waals surface area contributed by atoms with Crippen molar-refractivity contribution in [2.24, 2.45) is 0 Å². The number of hydrogen-bond acceptors (Lipinski definition) is 6. The van der Waals surface area contributed by atoms with Gasteiger partial charge in [-0.25, -0.2) is 14.3 Å². The van der Waals surface area contributed by atoms with E-state index in [0.717, 1.165) is 0 Å². The average molecular weight is 383 g/mol. The van der Waals surface area contributed by atoms with Crippen LogP contribution < -0.4 is 16.4 Å². The minimum absolute atomic E-state index is 0.138. The van der Waals surface area contributed by atoms with Crippen LogP contribution >= 0.6 is 0 Å². The molecule has 1 amide bonds. The van der Waals surface area contributed by atoms with Gasteiger partial charge in [0.15, 0.2) is 5.82 Å². The molecule has 3 aromatic heterocycles. The summed E-state index contributed by atoms with van der Waals surface area (Å²) < 4.78 is 4.03. The highest BCUT2D eigenvalue weighted by Gasteiger charge is 2.08. The summed E-state index contributed by atoms with van der Waals surface area (Å²) in [5, 5.41) is 11.0. The first-order chi connectivity index (χ1) is 13.4. The Bertz CT molecular complexity index is 1070. The summed E-state index contributed by atoms with van der Waals surface area (Å²) in [6.07, 6.45) is 4.70. The van der Waals surface area contributed by atoms with Crippen LogP contribution in [0.4, 0.5) is 0 Å². The van der Waals surface area contributed by atoms with Crippen LogP contribution in [0.15, 0.2) is 52.6 Å². The van der Waals surface area contributed by atoms with E-state index in [1.165, 1.54) is 32.4 Å². The molecule has 0 saturated carbocycles. The number of carbonyl (C=O) groups is 1. The normalized spacial score (nSPS) is 11.0. The van der Waals surface area contributed by atoms with Gasteiger partial charge in [-0.15, -0.1) is 5.10 Å². The van der Waals surface area contributed by atoms with E-state index in [0.29, 0.717) is 11.5 Å². The first-order valence-electron chi connectivity index (χ1n) is 8.85. The number of nitrogens with zero attached hydrogens (tertiary/aromatic N) is 6. The van der Waals surface area contributed by atoms with Gasteiger partial charge in [-0.2, -0.15) is 5.10 Å². The van der Waals surface area contributed by atoms with Crippen molar-refractivity contribution in [2.45, 2.75) is 32.9 Å². The van der Waals surface area contributed by atoms with E-state index in [4.69, 9.17) is 0 Å². The van der Waals surface area contributed by atoms with E-state index in [2.05, 4.69) is 20.5 Å². The number of nitrogens with one attached hydrogen (secondary N) is 1. The van der Waals surface area contributed by atoms with Gasteiger partial charge in [-0.3, -0.25) is 19.0 Å². The van der Waals surface area contributed by atoms with Crippen molar-refractivity contribution in [2.75, 3.05) is 6.54 Å². The van der Waals surface area contributed by atoms with Crippen LogP contribution in [0.25, 0.3) is 5.82 Å². The van der Waals surface area contributed by atoms with E-state index >= 15 is 0 Å². The molecule has 10 heteroatoms. The molecule has 3 aromatic rings. The Labute approximate surface area is 160 Å². The highest BCUT2D eigenvalue weighted by Crippen LogP contribution is 2.07. The highest BCUT2D eigenvalue weighted by atomic mass is 16.2. The van der Waals surface area contributed by atoms with Crippen molar-refractivity contribution in [3.8, 4) is 5.82 Å². The second kappa shape index (κ2) is 8.42. The molecule has 0 aliphatic heterocycles. The smallest absolute Gasteiger partial charge is 0.266 e. The molecule has 0 radical (unpaired) electrons. The molecule has 3 heterocycles. The van der Waals surface area contributed by atoms with Gasteiger partial charge < -0.3 is 5.32 Å². The first-order valence-corrected chi connectivity index (χ1v) is 8.85. The fraction of sp³-hybridized carbons (Fsp3) is 0.333. The molecule has 0 bridgehead atoms. The van der Waals surface area contributed by atoms with Crippen molar-refractivity contribution in [3.63, 3.8) is 0 Å². The molecule has 0 spiro atoms. The Morgan fingerprint density at radius 1 is 1.21 bits per heavy atom. The molecule has 10 nitrogen and oxygen atoms in total. The molecule has 0 aliphatic carbocycles. The van der Waals surface area contributed by atoms with E-state index in [9.17, 15) is 14.4 Å². The monoisotopic (exact) mass is 383 g/mol. The van der Waals surface area contributed by atoms with E-state index in [-0.39, 0.29) is 42.6 Å². The Morgan fingerprint density at radius 3 is 2.71 bits per heavy atom. The van der Waals surface area contributed by atoms with Gasteiger partial charge in [0.25, 0.3) is 11.1 Å². The van der Waals surface area contributed by atoms with Crippen LogP contribution in [0, 0.1) is 0 Å². The number of carbonyl (C=O) groups excluding carboxylic acids is 1. The number of hydrogen-bond donors (Lipinski definition) is 1. The third-order valence-electron chi connectivity index (χ3n) is 4.04. The molecule has 0 aromatic carbocycles. The third-order valence-corrected chi connectivity index (χ3v) is 4.04. The standard InChI is InChI=1S/C18H21N7O3/c1-13(2)14-10-18(28)23(12-20-14)11-16(26)19-7-9-25-17(27)5-4-15(22-25)24-8-3-6-21-24/h3-6,8,10,12-13H,7,9,11H2,1-2H3,(H,19,26). The van der Waals surface area contributed by atoms with Crippen LogP contribution in [0.3, 0.4) is 0 Å². The maximum atomic E-state index is 12.1. The van der Waals surface area contributed by atoms with Crippen LogP contribution in [-0.4, -0.2) is 41.6 Å². The molecule has 0 fully saturated rings. The van der Waals surface area contributed by atoms with E-state index in [1.54, 1.807) is 24.5 Å². The van der Waals surface area contributed by atoms with Crippen molar-refractivity contribution in [3.05, 3.63) is 69.4 Å². The van der Waals surface area contributed by atoms with Gasteiger partial charge in [-0.1, -0.05) is 13.8 Å². The molecule has 0 unspecified atom stereocenters. The van der Waals surface area contributed by atoms with Gasteiger partial charge in [0.1, 0.15) is 6.54 Å². The SMILES string of the molecule is CC(C)c1cc(=O)n(CC(=O)NCCn2nc(-n3cccn3)ccc2=O)cn1. The van der Waals surface area contributed by atoms with Crippen LogP contribution in [-0.2, 0) is 17.9 Å². The zero-order valence-corrected chi connectivity index (χ0v) is 15.6. The second-order valence-corrected chi connectivity index (χ2v) is 6.49. The highest BCUT2D eigenvalue weighted by molar-refractivity contribution is 5.75. The Kier molecular flexibility index (Phi) is 5.78. The van der Waals surface area contributed by atoms with Gasteiger partial charge >= 0.3 is 0 Å². The Hall–Kier alpha value is -3.56. The Morgan fingerprint density at radius 2 is 2.04 bits per heavy atom. The second-order valence-electron chi connectivity index (χ2n) is 6.49. The lowest BCUT2D eigenvalue weighted by atomic mass is 10.1. The summed E-state index contributed by atoms with van der Waals surface area (Å²) in [4.78, 5) is 40.3. The van der Waals surface area contributed by atoms with Crippen LogP contribution in [0.1, 0.15) is 25.5 Å². The lowest BCUT2D eigenvalue weighted by Crippen LogP contribution is -2.36. The summed E-state index contributed by atoms with van der Waals surface area (Å²) in [5.41, 5.74) is 0.123. The number of amides is 1. The molecular weight excluding hydrogens is 362 g/mol. The average Bonchev–Trinajstić information content (AvgIpc) is 3.19. The zero-order valence-electron chi connectivity index (χ0n) is 15.6. The minimum Gasteiger partial charge on any atom is -0.353 e. The van der Waals surface area contributed by atoms with Crippen molar-refractivity contribution in [1.82, 2.24) is 34.4 Å².